The van der Waals surface area contributed by atoms with Gasteiger partial charge in [0.1, 0.15) is 5.69 Å². The normalized spacial score (nSPS) is 10.3. The number of amides is 1. The van der Waals surface area contributed by atoms with Crippen LogP contribution in [-0.4, -0.2) is 31.5 Å². The number of nitrogens with zero attached hydrogens (tertiary/aromatic N) is 4. The van der Waals surface area contributed by atoms with Gasteiger partial charge in [0.05, 0.1) is 5.69 Å². The van der Waals surface area contributed by atoms with Gasteiger partial charge in [-0.3, -0.25) is 10.1 Å². The summed E-state index contributed by atoms with van der Waals surface area (Å²) in [6, 6.07) is 12.5. The van der Waals surface area contributed by atoms with Gasteiger partial charge in [0, 0.05) is 11.3 Å². The molecule has 0 saturated heterocycles. The van der Waals surface area contributed by atoms with Crippen LogP contribution in [0.4, 0.5) is 11.6 Å². The zero-order chi connectivity index (χ0) is 14.7. The molecule has 2 heterocycles. The molecule has 0 atom stereocenters. The van der Waals surface area contributed by atoms with E-state index in [4.69, 9.17) is 5.73 Å². The Balaban J connectivity index is 1.88. The molecule has 104 valence electrons. The minimum absolute atomic E-state index is 0.163. The molecule has 21 heavy (non-hydrogen) atoms. The molecular weight excluding hydrogens is 270 g/mol. The lowest BCUT2D eigenvalue weighted by Crippen LogP contribution is -2.14. The van der Waals surface area contributed by atoms with Crippen LogP contribution < -0.4 is 11.1 Å². The minimum Gasteiger partial charge on any atom is -0.399 e. The van der Waals surface area contributed by atoms with E-state index in [9.17, 15) is 4.79 Å². The van der Waals surface area contributed by atoms with Gasteiger partial charge < -0.3 is 5.73 Å². The second kappa shape index (κ2) is 5.37. The van der Waals surface area contributed by atoms with Gasteiger partial charge in [0.15, 0.2) is 0 Å². The fourth-order valence-corrected chi connectivity index (χ4v) is 1.80. The monoisotopic (exact) mass is 281 g/mol. The van der Waals surface area contributed by atoms with E-state index in [1.54, 1.807) is 24.3 Å². The molecule has 0 aliphatic rings. The van der Waals surface area contributed by atoms with Crippen molar-refractivity contribution in [3.8, 4) is 11.3 Å². The summed E-state index contributed by atoms with van der Waals surface area (Å²) in [5, 5.41) is 15.3. The summed E-state index contributed by atoms with van der Waals surface area (Å²) in [5.41, 5.74) is 8.14. The second-order valence-corrected chi connectivity index (χ2v) is 4.24. The van der Waals surface area contributed by atoms with Crippen LogP contribution in [0.3, 0.4) is 0 Å². The van der Waals surface area contributed by atoms with Crippen LogP contribution in [0, 0.1) is 0 Å². The molecule has 0 radical (unpaired) electrons. The number of H-pyrrole nitrogens is 1. The Morgan fingerprint density at radius 1 is 1.19 bits per heavy atom. The number of carbonyl (C=O) groups excluding carboxylic acids is 1. The molecular formula is C13H11N7O. The number of pyridine rings is 1. The van der Waals surface area contributed by atoms with Crippen molar-refractivity contribution in [1.29, 1.82) is 0 Å². The van der Waals surface area contributed by atoms with E-state index in [0.29, 0.717) is 11.4 Å². The SMILES string of the molecule is Nc1cccc(-c2cccc(C(=O)Nc3nnn[nH]3)n2)c1. The van der Waals surface area contributed by atoms with Gasteiger partial charge in [-0.2, -0.15) is 0 Å². The Bertz CT molecular complexity index is 770. The molecule has 1 amide bonds. The number of nitrogens with one attached hydrogen (secondary N) is 2. The van der Waals surface area contributed by atoms with Crippen molar-refractivity contribution in [2.45, 2.75) is 0 Å². The fraction of sp³-hybridized carbons (Fsp3) is 0. The van der Waals surface area contributed by atoms with Crippen LogP contribution in [0.15, 0.2) is 42.5 Å². The number of tetrazole rings is 1. The lowest BCUT2D eigenvalue weighted by Gasteiger charge is -2.05. The molecule has 0 fully saturated rings. The predicted octanol–water partition coefficient (Wildman–Crippen LogP) is 1.10. The average molecular weight is 281 g/mol. The van der Waals surface area contributed by atoms with Crippen molar-refractivity contribution < 1.29 is 4.79 Å². The largest absolute Gasteiger partial charge is 0.399 e. The Morgan fingerprint density at radius 2 is 2.05 bits per heavy atom. The van der Waals surface area contributed by atoms with E-state index >= 15 is 0 Å². The summed E-state index contributed by atoms with van der Waals surface area (Å²) < 4.78 is 0. The molecule has 3 rings (SSSR count). The van der Waals surface area contributed by atoms with Crippen LogP contribution in [0.1, 0.15) is 10.5 Å². The molecule has 0 aliphatic carbocycles. The highest BCUT2D eigenvalue weighted by Crippen LogP contribution is 2.19. The zero-order valence-corrected chi connectivity index (χ0v) is 10.8. The van der Waals surface area contributed by atoms with Crippen LogP contribution >= 0.6 is 0 Å². The number of nitrogen functional groups attached to an aromatic ring is 1. The fourth-order valence-electron chi connectivity index (χ4n) is 1.80. The van der Waals surface area contributed by atoms with Crippen LogP contribution in [0.25, 0.3) is 11.3 Å². The smallest absolute Gasteiger partial charge is 0.276 e. The summed E-state index contributed by atoms with van der Waals surface area (Å²) in [7, 11) is 0. The zero-order valence-electron chi connectivity index (χ0n) is 10.8. The second-order valence-electron chi connectivity index (χ2n) is 4.24. The topological polar surface area (TPSA) is 122 Å². The molecule has 0 saturated carbocycles. The van der Waals surface area contributed by atoms with Crippen molar-refractivity contribution in [2.75, 3.05) is 11.1 Å². The number of carbonyl (C=O) groups is 1. The van der Waals surface area contributed by atoms with Gasteiger partial charge in [0.2, 0.25) is 5.95 Å². The number of hydrogen-bond acceptors (Lipinski definition) is 6. The summed E-state index contributed by atoms with van der Waals surface area (Å²) in [6.07, 6.45) is 0. The van der Waals surface area contributed by atoms with E-state index in [2.05, 4.69) is 30.9 Å². The van der Waals surface area contributed by atoms with Crippen LogP contribution in [0.2, 0.25) is 0 Å². The Hall–Kier alpha value is -3.29. The van der Waals surface area contributed by atoms with Gasteiger partial charge >= 0.3 is 0 Å². The maximum atomic E-state index is 12.0. The third-order valence-corrected chi connectivity index (χ3v) is 2.74. The quantitative estimate of drug-likeness (QED) is 0.618. The molecule has 0 spiro atoms. The summed E-state index contributed by atoms with van der Waals surface area (Å²) >= 11 is 0. The first kappa shape index (κ1) is 12.7. The van der Waals surface area contributed by atoms with Crippen molar-refractivity contribution in [1.82, 2.24) is 25.6 Å². The first-order chi connectivity index (χ1) is 10.2. The lowest BCUT2D eigenvalue weighted by atomic mass is 10.1. The van der Waals surface area contributed by atoms with Crippen molar-refractivity contribution in [2.24, 2.45) is 0 Å². The van der Waals surface area contributed by atoms with Gasteiger partial charge in [-0.15, -0.1) is 0 Å². The molecule has 8 heteroatoms. The number of anilines is 2. The van der Waals surface area contributed by atoms with Gasteiger partial charge in [-0.1, -0.05) is 23.3 Å². The third kappa shape index (κ3) is 2.84. The number of aromatic nitrogens is 5. The summed E-state index contributed by atoms with van der Waals surface area (Å²) in [5.74, 6) is -0.240. The standard InChI is InChI=1S/C13H11N7O/c14-9-4-1-3-8(7-9)10-5-2-6-11(15-10)12(21)16-13-17-19-20-18-13/h1-7H,14H2,(H2,16,17,18,19,20,21). The van der Waals surface area contributed by atoms with Crippen LogP contribution in [0.5, 0.6) is 0 Å². The number of rotatable bonds is 3. The van der Waals surface area contributed by atoms with E-state index in [0.717, 1.165) is 5.56 Å². The van der Waals surface area contributed by atoms with Crippen LogP contribution in [-0.2, 0) is 0 Å². The summed E-state index contributed by atoms with van der Waals surface area (Å²) in [4.78, 5) is 16.4. The van der Waals surface area contributed by atoms with E-state index in [1.807, 2.05) is 18.2 Å². The van der Waals surface area contributed by atoms with Crippen molar-refractivity contribution in [3.63, 3.8) is 0 Å². The average Bonchev–Trinajstić information content (AvgIpc) is 3.00. The maximum Gasteiger partial charge on any atom is 0.276 e. The van der Waals surface area contributed by atoms with E-state index in [1.165, 1.54) is 0 Å². The van der Waals surface area contributed by atoms with Gasteiger partial charge in [-0.05, 0) is 34.7 Å². The highest BCUT2D eigenvalue weighted by Gasteiger charge is 2.11. The number of benzene rings is 1. The van der Waals surface area contributed by atoms with Crippen molar-refractivity contribution in [3.05, 3.63) is 48.2 Å². The van der Waals surface area contributed by atoms with Gasteiger partial charge in [0.25, 0.3) is 5.91 Å². The Morgan fingerprint density at radius 3 is 2.81 bits per heavy atom. The Labute approximate surface area is 119 Å². The third-order valence-electron chi connectivity index (χ3n) is 2.74. The minimum atomic E-state index is -0.403. The summed E-state index contributed by atoms with van der Waals surface area (Å²) in [6.45, 7) is 0. The molecule has 0 bridgehead atoms. The number of nitrogens with two attached hydrogens (primary N) is 1. The molecule has 0 unspecified atom stereocenters. The Kier molecular flexibility index (Phi) is 3.26. The van der Waals surface area contributed by atoms with E-state index < -0.39 is 5.91 Å². The highest BCUT2D eigenvalue weighted by molar-refractivity contribution is 6.02. The molecule has 2 aromatic heterocycles. The lowest BCUT2D eigenvalue weighted by molar-refractivity contribution is 0.102. The molecule has 0 aliphatic heterocycles. The number of hydrogen-bond donors (Lipinski definition) is 3. The maximum absolute atomic E-state index is 12.0. The highest BCUT2D eigenvalue weighted by atomic mass is 16.2. The first-order valence-corrected chi connectivity index (χ1v) is 6.10. The van der Waals surface area contributed by atoms with Crippen molar-refractivity contribution >= 4 is 17.5 Å². The first-order valence-electron chi connectivity index (χ1n) is 6.10. The van der Waals surface area contributed by atoms with E-state index in [-0.39, 0.29) is 11.6 Å². The molecule has 1 aromatic carbocycles. The molecule has 8 nitrogen and oxygen atoms in total. The van der Waals surface area contributed by atoms with Gasteiger partial charge in [-0.25, -0.2) is 10.1 Å². The molecule has 3 aromatic rings. The molecule has 4 N–H and O–H groups in total. The predicted molar refractivity (Wildman–Crippen MR) is 76.2 cm³/mol. The number of aromatic amines is 1.